The minimum Gasteiger partial charge on any atom is -0.442 e. The number of hydrogen-bond donors (Lipinski definition) is 0. The number of carbonyl (C=O) groups excluding carboxylic acids is 1. The third kappa shape index (κ3) is 3.17. The van der Waals surface area contributed by atoms with Gasteiger partial charge < -0.3 is 9.15 Å². The standard InChI is InChI=1S/C12H6BrF3O3/c13-10-6-5-9(18-10)11(17)19-8-4-2-1-3-7(8)12(14,15)16/h1-6H. The van der Waals surface area contributed by atoms with Gasteiger partial charge in [-0.3, -0.25) is 0 Å². The highest BCUT2D eigenvalue weighted by molar-refractivity contribution is 9.10. The van der Waals surface area contributed by atoms with Gasteiger partial charge in [-0.05, 0) is 40.2 Å². The first-order valence-electron chi connectivity index (χ1n) is 5.01. The Morgan fingerprint density at radius 3 is 2.42 bits per heavy atom. The highest BCUT2D eigenvalue weighted by atomic mass is 79.9. The maximum absolute atomic E-state index is 12.7. The number of ether oxygens (including phenoxy) is 1. The number of alkyl halides is 3. The number of rotatable bonds is 2. The van der Waals surface area contributed by atoms with E-state index in [1.165, 1.54) is 24.3 Å². The number of esters is 1. The van der Waals surface area contributed by atoms with Gasteiger partial charge in [0, 0.05) is 0 Å². The maximum Gasteiger partial charge on any atom is 0.419 e. The lowest BCUT2D eigenvalue weighted by Crippen LogP contribution is -2.13. The lowest BCUT2D eigenvalue weighted by atomic mass is 10.2. The second-order valence-corrected chi connectivity index (χ2v) is 4.27. The van der Waals surface area contributed by atoms with Crippen molar-refractivity contribution in [2.24, 2.45) is 0 Å². The molecule has 0 amide bonds. The second kappa shape index (κ2) is 5.08. The van der Waals surface area contributed by atoms with Crippen LogP contribution in [0.5, 0.6) is 5.75 Å². The lowest BCUT2D eigenvalue weighted by Gasteiger charge is -2.11. The van der Waals surface area contributed by atoms with Crippen LogP contribution in [-0.2, 0) is 6.18 Å². The third-order valence-corrected chi connectivity index (χ3v) is 2.60. The summed E-state index contributed by atoms with van der Waals surface area (Å²) in [7, 11) is 0. The molecule has 7 heteroatoms. The summed E-state index contributed by atoms with van der Waals surface area (Å²) in [4.78, 5) is 11.6. The molecule has 19 heavy (non-hydrogen) atoms. The van der Waals surface area contributed by atoms with Crippen molar-refractivity contribution in [2.75, 3.05) is 0 Å². The van der Waals surface area contributed by atoms with E-state index in [0.717, 1.165) is 12.1 Å². The lowest BCUT2D eigenvalue weighted by molar-refractivity contribution is -0.138. The van der Waals surface area contributed by atoms with Crippen LogP contribution in [0.2, 0.25) is 0 Å². The molecule has 100 valence electrons. The normalized spacial score (nSPS) is 11.4. The number of para-hydroxylation sites is 1. The average Bonchev–Trinajstić information content (AvgIpc) is 2.75. The van der Waals surface area contributed by atoms with Crippen molar-refractivity contribution in [3.8, 4) is 5.75 Å². The van der Waals surface area contributed by atoms with Gasteiger partial charge in [0.2, 0.25) is 5.76 Å². The fourth-order valence-electron chi connectivity index (χ4n) is 1.36. The zero-order valence-electron chi connectivity index (χ0n) is 9.20. The summed E-state index contributed by atoms with van der Waals surface area (Å²) in [6.45, 7) is 0. The molecule has 0 aliphatic heterocycles. The first kappa shape index (κ1) is 13.7. The molecule has 0 aliphatic carbocycles. The smallest absolute Gasteiger partial charge is 0.419 e. The van der Waals surface area contributed by atoms with Crippen LogP contribution in [0.4, 0.5) is 13.2 Å². The summed E-state index contributed by atoms with van der Waals surface area (Å²) in [6.07, 6.45) is -4.60. The molecular formula is C12H6BrF3O3. The van der Waals surface area contributed by atoms with E-state index in [4.69, 9.17) is 9.15 Å². The molecule has 1 aromatic carbocycles. The van der Waals surface area contributed by atoms with Gasteiger partial charge in [-0.1, -0.05) is 12.1 Å². The summed E-state index contributed by atoms with van der Waals surface area (Å²) in [5.74, 6) is -1.75. The van der Waals surface area contributed by atoms with Gasteiger partial charge in [0.05, 0.1) is 5.56 Å². The fourth-order valence-corrected chi connectivity index (χ4v) is 1.67. The summed E-state index contributed by atoms with van der Waals surface area (Å²) in [5.41, 5.74) is -1.02. The van der Waals surface area contributed by atoms with Gasteiger partial charge in [0.1, 0.15) is 5.75 Å². The summed E-state index contributed by atoms with van der Waals surface area (Å²) >= 11 is 2.98. The van der Waals surface area contributed by atoms with E-state index in [2.05, 4.69) is 15.9 Å². The molecule has 0 atom stereocenters. The first-order chi connectivity index (χ1) is 8.88. The SMILES string of the molecule is O=C(Oc1ccccc1C(F)(F)F)c1ccc(Br)o1. The number of carbonyl (C=O) groups is 1. The van der Waals surface area contributed by atoms with Gasteiger partial charge in [-0.25, -0.2) is 4.79 Å². The van der Waals surface area contributed by atoms with Crippen LogP contribution < -0.4 is 4.74 Å². The Morgan fingerprint density at radius 2 is 1.84 bits per heavy atom. The quantitative estimate of drug-likeness (QED) is 0.607. The monoisotopic (exact) mass is 334 g/mol. The van der Waals surface area contributed by atoms with Crippen LogP contribution in [0.1, 0.15) is 16.1 Å². The molecular weight excluding hydrogens is 329 g/mol. The van der Waals surface area contributed by atoms with E-state index < -0.39 is 23.5 Å². The molecule has 0 spiro atoms. The molecule has 1 aromatic heterocycles. The molecule has 0 unspecified atom stereocenters. The molecule has 0 saturated heterocycles. The molecule has 0 saturated carbocycles. The number of furan rings is 1. The van der Waals surface area contributed by atoms with Gasteiger partial charge >= 0.3 is 12.1 Å². The molecule has 0 N–H and O–H groups in total. The van der Waals surface area contributed by atoms with E-state index in [0.29, 0.717) is 0 Å². The first-order valence-corrected chi connectivity index (χ1v) is 5.81. The molecule has 0 bridgehead atoms. The van der Waals surface area contributed by atoms with E-state index in [1.807, 2.05) is 0 Å². The molecule has 3 nitrogen and oxygen atoms in total. The van der Waals surface area contributed by atoms with Gasteiger partial charge in [-0.15, -0.1) is 0 Å². The Hall–Kier alpha value is -1.76. The predicted molar refractivity (Wildman–Crippen MR) is 62.8 cm³/mol. The van der Waals surface area contributed by atoms with Crippen molar-refractivity contribution in [2.45, 2.75) is 6.18 Å². The average molecular weight is 335 g/mol. The van der Waals surface area contributed by atoms with E-state index >= 15 is 0 Å². The van der Waals surface area contributed by atoms with Crippen molar-refractivity contribution >= 4 is 21.9 Å². The van der Waals surface area contributed by atoms with Crippen molar-refractivity contribution in [3.05, 3.63) is 52.4 Å². The Labute approximate surface area is 114 Å². The summed E-state index contributed by atoms with van der Waals surface area (Å²) in [6, 6.07) is 7.19. The Kier molecular flexibility index (Phi) is 3.66. The van der Waals surface area contributed by atoms with Gasteiger partial charge in [0.15, 0.2) is 4.67 Å². The zero-order valence-corrected chi connectivity index (χ0v) is 10.8. The van der Waals surface area contributed by atoms with E-state index in [1.54, 1.807) is 0 Å². The highest BCUT2D eigenvalue weighted by Gasteiger charge is 2.34. The van der Waals surface area contributed by atoms with Crippen molar-refractivity contribution in [1.29, 1.82) is 0 Å². The molecule has 2 rings (SSSR count). The van der Waals surface area contributed by atoms with Crippen LogP contribution in [0.15, 0.2) is 45.5 Å². The Balaban J connectivity index is 2.27. The number of halogens is 4. The summed E-state index contributed by atoms with van der Waals surface area (Å²) in [5, 5.41) is 0. The molecule has 0 fully saturated rings. The molecule has 1 heterocycles. The van der Waals surface area contributed by atoms with Crippen molar-refractivity contribution in [1.82, 2.24) is 0 Å². The molecule has 0 radical (unpaired) electrons. The summed E-state index contributed by atoms with van der Waals surface area (Å²) < 4.78 is 47.9. The predicted octanol–water partition coefficient (Wildman–Crippen LogP) is 4.28. The van der Waals surface area contributed by atoms with Crippen LogP contribution in [0.25, 0.3) is 0 Å². The van der Waals surface area contributed by atoms with E-state index in [9.17, 15) is 18.0 Å². The molecule has 0 aliphatic rings. The highest BCUT2D eigenvalue weighted by Crippen LogP contribution is 2.36. The largest absolute Gasteiger partial charge is 0.442 e. The van der Waals surface area contributed by atoms with E-state index in [-0.39, 0.29) is 10.4 Å². The van der Waals surface area contributed by atoms with Crippen LogP contribution in [0, 0.1) is 0 Å². The Bertz CT molecular complexity index is 604. The van der Waals surface area contributed by atoms with Crippen LogP contribution >= 0.6 is 15.9 Å². The fraction of sp³-hybridized carbons (Fsp3) is 0.0833. The minimum absolute atomic E-state index is 0.191. The number of benzene rings is 1. The third-order valence-electron chi connectivity index (χ3n) is 2.17. The zero-order chi connectivity index (χ0) is 14.0. The van der Waals surface area contributed by atoms with Crippen LogP contribution in [-0.4, -0.2) is 5.97 Å². The molecule has 2 aromatic rings. The van der Waals surface area contributed by atoms with Crippen LogP contribution in [0.3, 0.4) is 0 Å². The Morgan fingerprint density at radius 1 is 1.16 bits per heavy atom. The maximum atomic E-state index is 12.7. The van der Waals surface area contributed by atoms with Gasteiger partial charge in [0.25, 0.3) is 0 Å². The van der Waals surface area contributed by atoms with Crippen molar-refractivity contribution < 1.29 is 27.1 Å². The van der Waals surface area contributed by atoms with Crippen molar-refractivity contribution in [3.63, 3.8) is 0 Å². The number of hydrogen-bond acceptors (Lipinski definition) is 3. The van der Waals surface area contributed by atoms with Gasteiger partial charge in [-0.2, -0.15) is 13.2 Å². The second-order valence-electron chi connectivity index (χ2n) is 3.49. The minimum atomic E-state index is -4.60. The topological polar surface area (TPSA) is 39.4 Å².